The van der Waals surface area contributed by atoms with Crippen molar-refractivity contribution in [3.63, 3.8) is 0 Å². The molecule has 7 heteroatoms. The van der Waals surface area contributed by atoms with E-state index < -0.39 is 5.97 Å². The molecule has 2 aromatic heterocycles. The summed E-state index contributed by atoms with van der Waals surface area (Å²) in [6, 6.07) is 7.06. The van der Waals surface area contributed by atoms with Crippen molar-refractivity contribution in [3.8, 4) is 0 Å². The van der Waals surface area contributed by atoms with E-state index >= 15 is 0 Å². The van der Waals surface area contributed by atoms with Crippen molar-refractivity contribution in [3.05, 3.63) is 47.3 Å². The van der Waals surface area contributed by atoms with Gasteiger partial charge in [-0.05, 0) is 6.07 Å². The standard InChI is InChI=1S/C14H13N3O4/c1-8-16-12(17-21-8)7-15-6-11-13(14(18)19)9-4-2-3-5-10(9)20-11/h2-5,15H,6-7H2,1H3,(H,18,19). The Morgan fingerprint density at radius 1 is 1.33 bits per heavy atom. The smallest absolute Gasteiger partial charge is 0.339 e. The molecule has 0 saturated carbocycles. The maximum atomic E-state index is 11.4. The van der Waals surface area contributed by atoms with E-state index in [0.717, 1.165) is 0 Å². The summed E-state index contributed by atoms with van der Waals surface area (Å²) >= 11 is 0. The summed E-state index contributed by atoms with van der Waals surface area (Å²) in [4.78, 5) is 15.5. The average molecular weight is 287 g/mol. The maximum absolute atomic E-state index is 11.4. The van der Waals surface area contributed by atoms with Crippen LogP contribution in [0.25, 0.3) is 11.0 Å². The summed E-state index contributed by atoms with van der Waals surface area (Å²) in [7, 11) is 0. The van der Waals surface area contributed by atoms with Gasteiger partial charge in [0, 0.05) is 12.3 Å². The van der Waals surface area contributed by atoms with E-state index in [1.807, 2.05) is 0 Å². The highest BCUT2D eigenvalue weighted by Gasteiger charge is 2.19. The first-order chi connectivity index (χ1) is 10.1. The molecule has 21 heavy (non-hydrogen) atoms. The molecule has 0 spiro atoms. The third kappa shape index (κ3) is 2.63. The lowest BCUT2D eigenvalue weighted by Gasteiger charge is -2.00. The summed E-state index contributed by atoms with van der Waals surface area (Å²) in [5, 5.41) is 16.7. The van der Waals surface area contributed by atoms with E-state index in [1.54, 1.807) is 31.2 Å². The van der Waals surface area contributed by atoms with Gasteiger partial charge in [0.15, 0.2) is 5.82 Å². The van der Waals surface area contributed by atoms with Crippen LogP contribution in [0.3, 0.4) is 0 Å². The minimum absolute atomic E-state index is 0.183. The number of hydrogen-bond acceptors (Lipinski definition) is 6. The Labute approximate surface area is 119 Å². The average Bonchev–Trinajstić information content (AvgIpc) is 3.02. The molecular weight excluding hydrogens is 274 g/mol. The van der Waals surface area contributed by atoms with Crippen LogP contribution in [-0.4, -0.2) is 21.2 Å². The van der Waals surface area contributed by atoms with E-state index in [9.17, 15) is 9.90 Å². The number of aromatic nitrogens is 2. The Hall–Kier alpha value is -2.67. The van der Waals surface area contributed by atoms with Crippen LogP contribution in [-0.2, 0) is 13.1 Å². The van der Waals surface area contributed by atoms with Gasteiger partial charge in [0.1, 0.15) is 16.9 Å². The number of fused-ring (bicyclic) bond motifs is 1. The van der Waals surface area contributed by atoms with E-state index in [-0.39, 0.29) is 12.1 Å². The van der Waals surface area contributed by atoms with Crippen LogP contribution < -0.4 is 5.32 Å². The first-order valence-corrected chi connectivity index (χ1v) is 6.39. The number of carbonyl (C=O) groups is 1. The number of carboxylic acids is 1. The monoisotopic (exact) mass is 287 g/mol. The van der Waals surface area contributed by atoms with Crippen LogP contribution in [0.2, 0.25) is 0 Å². The normalized spacial score (nSPS) is 11.1. The second-order valence-electron chi connectivity index (χ2n) is 4.53. The third-order valence-corrected chi connectivity index (χ3v) is 3.02. The minimum atomic E-state index is -1.01. The number of rotatable bonds is 5. The molecule has 0 atom stereocenters. The van der Waals surface area contributed by atoms with Crippen molar-refractivity contribution >= 4 is 16.9 Å². The quantitative estimate of drug-likeness (QED) is 0.741. The van der Waals surface area contributed by atoms with E-state index in [0.29, 0.717) is 35.0 Å². The van der Waals surface area contributed by atoms with Gasteiger partial charge >= 0.3 is 5.97 Å². The van der Waals surface area contributed by atoms with Crippen molar-refractivity contribution in [2.24, 2.45) is 0 Å². The molecule has 0 bridgehead atoms. The summed E-state index contributed by atoms with van der Waals surface area (Å²) in [6.45, 7) is 2.34. The fourth-order valence-electron chi connectivity index (χ4n) is 2.16. The van der Waals surface area contributed by atoms with Gasteiger partial charge in [-0.2, -0.15) is 4.98 Å². The third-order valence-electron chi connectivity index (χ3n) is 3.02. The molecule has 2 heterocycles. The number of benzene rings is 1. The number of nitrogens with one attached hydrogen (secondary N) is 1. The van der Waals surface area contributed by atoms with Crippen molar-refractivity contribution in [1.29, 1.82) is 0 Å². The van der Waals surface area contributed by atoms with Crippen LogP contribution in [0.5, 0.6) is 0 Å². The van der Waals surface area contributed by atoms with Gasteiger partial charge < -0.3 is 19.4 Å². The Morgan fingerprint density at radius 3 is 2.86 bits per heavy atom. The Balaban J connectivity index is 1.80. The number of carboxylic acid groups (broad SMARTS) is 1. The van der Waals surface area contributed by atoms with E-state index in [2.05, 4.69) is 15.5 Å². The maximum Gasteiger partial charge on any atom is 0.339 e. The van der Waals surface area contributed by atoms with Crippen LogP contribution in [0.4, 0.5) is 0 Å². The molecule has 0 unspecified atom stereocenters. The van der Waals surface area contributed by atoms with Gasteiger partial charge in [-0.15, -0.1) is 0 Å². The van der Waals surface area contributed by atoms with Gasteiger partial charge in [0.05, 0.1) is 13.1 Å². The fraction of sp³-hybridized carbons (Fsp3) is 0.214. The molecular formula is C14H13N3O4. The van der Waals surface area contributed by atoms with E-state index in [4.69, 9.17) is 8.94 Å². The number of nitrogens with zero attached hydrogens (tertiary/aromatic N) is 2. The van der Waals surface area contributed by atoms with Gasteiger partial charge in [0.25, 0.3) is 0 Å². The molecule has 2 N–H and O–H groups in total. The zero-order valence-electron chi connectivity index (χ0n) is 11.3. The van der Waals surface area contributed by atoms with Crippen LogP contribution in [0.15, 0.2) is 33.2 Å². The molecule has 0 aliphatic heterocycles. The summed E-state index contributed by atoms with van der Waals surface area (Å²) in [6.07, 6.45) is 0. The number of aromatic carboxylic acids is 1. The Morgan fingerprint density at radius 2 is 2.14 bits per heavy atom. The fourth-order valence-corrected chi connectivity index (χ4v) is 2.16. The highest BCUT2D eigenvalue weighted by Crippen LogP contribution is 2.25. The minimum Gasteiger partial charge on any atom is -0.478 e. The predicted octanol–water partition coefficient (Wildman–Crippen LogP) is 2.11. The number of hydrogen-bond donors (Lipinski definition) is 2. The molecule has 0 aliphatic rings. The van der Waals surface area contributed by atoms with Crippen LogP contribution in [0.1, 0.15) is 27.8 Å². The van der Waals surface area contributed by atoms with Gasteiger partial charge in [-0.1, -0.05) is 23.4 Å². The Bertz CT molecular complexity index is 790. The molecule has 0 amide bonds. The largest absolute Gasteiger partial charge is 0.478 e. The molecule has 108 valence electrons. The lowest BCUT2D eigenvalue weighted by atomic mass is 10.1. The highest BCUT2D eigenvalue weighted by atomic mass is 16.5. The topological polar surface area (TPSA) is 101 Å². The molecule has 0 radical (unpaired) electrons. The highest BCUT2D eigenvalue weighted by molar-refractivity contribution is 6.03. The lowest BCUT2D eigenvalue weighted by molar-refractivity contribution is 0.0696. The van der Waals surface area contributed by atoms with Crippen molar-refractivity contribution in [1.82, 2.24) is 15.5 Å². The summed E-state index contributed by atoms with van der Waals surface area (Å²) in [5.41, 5.74) is 0.740. The molecule has 0 aliphatic carbocycles. The second kappa shape index (κ2) is 5.37. The first-order valence-electron chi connectivity index (χ1n) is 6.39. The number of aryl methyl sites for hydroxylation is 1. The van der Waals surface area contributed by atoms with Gasteiger partial charge in [-0.3, -0.25) is 0 Å². The van der Waals surface area contributed by atoms with E-state index in [1.165, 1.54) is 0 Å². The molecule has 3 aromatic rings. The Kier molecular flexibility index (Phi) is 3.41. The number of para-hydroxylation sites is 1. The summed E-state index contributed by atoms with van der Waals surface area (Å²) in [5.74, 6) is 0.373. The molecule has 0 fully saturated rings. The van der Waals surface area contributed by atoms with Gasteiger partial charge in [0.2, 0.25) is 5.89 Å². The second-order valence-corrected chi connectivity index (χ2v) is 4.53. The lowest BCUT2D eigenvalue weighted by Crippen LogP contribution is -2.15. The number of furan rings is 1. The zero-order valence-corrected chi connectivity index (χ0v) is 11.3. The van der Waals surface area contributed by atoms with Crippen LogP contribution in [0, 0.1) is 6.92 Å². The zero-order chi connectivity index (χ0) is 14.8. The van der Waals surface area contributed by atoms with Gasteiger partial charge in [-0.25, -0.2) is 4.79 Å². The SMILES string of the molecule is Cc1nc(CNCc2oc3ccccc3c2C(=O)O)no1. The van der Waals surface area contributed by atoms with Crippen molar-refractivity contribution in [2.75, 3.05) is 0 Å². The van der Waals surface area contributed by atoms with Crippen LogP contribution >= 0.6 is 0 Å². The van der Waals surface area contributed by atoms with Crippen molar-refractivity contribution < 1.29 is 18.8 Å². The predicted molar refractivity (Wildman–Crippen MR) is 72.8 cm³/mol. The summed E-state index contributed by atoms with van der Waals surface area (Å²) < 4.78 is 10.5. The molecule has 7 nitrogen and oxygen atoms in total. The first kappa shape index (κ1) is 13.3. The van der Waals surface area contributed by atoms with Crippen molar-refractivity contribution in [2.45, 2.75) is 20.0 Å². The molecule has 3 rings (SSSR count). The molecule has 0 saturated heterocycles. The molecule has 1 aromatic carbocycles.